The molecule has 1 aromatic heterocycles. The lowest BCUT2D eigenvalue weighted by molar-refractivity contribution is 0.588. The summed E-state index contributed by atoms with van der Waals surface area (Å²) >= 11 is 0. The molecule has 0 fully saturated rings. The van der Waals surface area contributed by atoms with Crippen molar-refractivity contribution >= 4 is 33.0 Å². The highest BCUT2D eigenvalue weighted by Crippen LogP contribution is 2.24. The molecule has 0 aliphatic heterocycles. The van der Waals surface area contributed by atoms with Crippen molar-refractivity contribution in [1.29, 1.82) is 0 Å². The Morgan fingerprint density at radius 1 is 1.04 bits per heavy atom. The van der Waals surface area contributed by atoms with Crippen molar-refractivity contribution in [3.8, 4) is 0 Å². The van der Waals surface area contributed by atoms with Crippen molar-refractivity contribution < 1.29 is 8.42 Å². The first-order valence-corrected chi connectivity index (χ1v) is 8.46. The summed E-state index contributed by atoms with van der Waals surface area (Å²) < 4.78 is 26.9. The molecule has 0 spiro atoms. The molecule has 0 aliphatic carbocycles. The van der Waals surface area contributed by atoms with Crippen LogP contribution in [-0.2, 0) is 10.0 Å². The number of hydrogen-bond donors (Lipinski definition) is 2. The molecular formula is C16H15N5O2S. The summed E-state index contributed by atoms with van der Waals surface area (Å²) in [4.78, 5) is 0.240. The van der Waals surface area contributed by atoms with Gasteiger partial charge in [0.05, 0.1) is 11.1 Å². The molecule has 2 aromatic carbocycles. The van der Waals surface area contributed by atoms with Crippen LogP contribution in [0.15, 0.2) is 76.0 Å². The van der Waals surface area contributed by atoms with Crippen LogP contribution in [0.3, 0.4) is 0 Å². The molecule has 0 unspecified atom stereocenters. The minimum Gasteiger partial charge on any atom is -0.369 e. The molecule has 0 radical (unpaired) electrons. The van der Waals surface area contributed by atoms with Crippen LogP contribution in [0.1, 0.15) is 5.56 Å². The van der Waals surface area contributed by atoms with Gasteiger partial charge in [-0.05, 0) is 17.5 Å². The van der Waals surface area contributed by atoms with Crippen molar-refractivity contribution in [2.45, 2.75) is 4.90 Å². The molecule has 0 atom stereocenters. The van der Waals surface area contributed by atoms with E-state index in [9.17, 15) is 8.42 Å². The van der Waals surface area contributed by atoms with Crippen molar-refractivity contribution in [2.75, 3.05) is 0 Å². The fraction of sp³-hybridized carbons (Fsp3) is 0. The Hall–Kier alpha value is -3.13. The summed E-state index contributed by atoms with van der Waals surface area (Å²) in [7, 11) is -3.72. The number of fused-ring (bicyclic) bond motifs is 1. The predicted octanol–water partition coefficient (Wildman–Crippen LogP) is 1.49. The van der Waals surface area contributed by atoms with Gasteiger partial charge in [0.1, 0.15) is 0 Å². The van der Waals surface area contributed by atoms with E-state index in [4.69, 9.17) is 11.5 Å². The maximum atomic E-state index is 12.9. The van der Waals surface area contributed by atoms with E-state index in [0.29, 0.717) is 10.9 Å². The first-order chi connectivity index (χ1) is 11.5. The molecule has 4 N–H and O–H groups in total. The Bertz CT molecular complexity index is 1040. The van der Waals surface area contributed by atoms with E-state index in [2.05, 4.69) is 10.2 Å². The number of benzene rings is 2. The smallest absolute Gasteiger partial charge is 0.268 e. The molecule has 0 saturated heterocycles. The van der Waals surface area contributed by atoms with Crippen LogP contribution in [0.4, 0.5) is 0 Å². The van der Waals surface area contributed by atoms with Gasteiger partial charge < -0.3 is 11.5 Å². The van der Waals surface area contributed by atoms with E-state index in [1.165, 1.54) is 18.6 Å². The molecule has 24 heavy (non-hydrogen) atoms. The number of hydrogen-bond acceptors (Lipinski definition) is 4. The van der Waals surface area contributed by atoms with Crippen molar-refractivity contribution in [3.05, 3.63) is 66.5 Å². The first kappa shape index (κ1) is 15.8. The summed E-state index contributed by atoms with van der Waals surface area (Å²) in [5.74, 6) is -0.172. The van der Waals surface area contributed by atoms with Crippen LogP contribution < -0.4 is 11.5 Å². The lowest BCUT2D eigenvalue weighted by Gasteiger charge is -2.08. The van der Waals surface area contributed by atoms with Crippen LogP contribution in [0.2, 0.25) is 0 Å². The summed E-state index contributed by atoms with van der Waals surface area (Å²) in [5.41, 5.74) is 10.9. The Morgan fingerprint density at radius 2 is 1.79 bits per heavy atom. The summed E-state index contributed by atoms with van der Waals surface area (Å²) in [6, 6.07) is 14.1. The molecule has 0 saturated carbocycles. The molecule has 3 rings (SSSR count). The highest BCUT2D eigenvalue weighted by atomic mass is 32.2. The molecule has 7 nitrogen and oxygen atoms in total. The average molecular weight is 341 g/mol. The Kier molecular flexibility index (Phi) is 4.05. The number of nitrogens with zero attached hydrogens (tertiary/aromatic N) is 3. The van der Waals surface area contributed by atoms with Gasteiger partial charge in [0.25, 0.3) is 10.0 Å². The predicted molar refractivity (Wildman–Crippen MR) is 94.4 cm³/mol. The number of nitrogens with two attached hydrogens (primary N) is 2. The van der Waals surface area contributed by atoms with E-state index in [-0.39, 0.29) is 10.9 Å². The molecule has 122 valence electrons. The second-order valence-corrected chi connectivity index (χ2v) is 6.84. The molecule has 0 amide bonds. The fourth-order valence-electron chi connectivity index (χ4n) is 2.31. The lowest BCUT2D eigenvalue weighted by atomic mass is 10.1. The zero-order chi connectivity index (χ0) is 17.2. The van der Waals surface area contributed by atoms with E-state index in [0.717, 1.165) is 9.36 Å². The van der Waals surface area contributed by atoms with Gasteiger partial charge in [-0.15, -0.1) is 5.10 Å². The van der Waals surface area contributed by atoms with Crippen LogP contribution >= 0.6 is 0 Å². The highest BCUT2D eigenvalue weighted by Gasteiger charge is 2.19. The zero-order valence-electron chi connectivity index (χ0n) is 12.6. The molecule has 3 aromatic rings. The fourth-order valence-corrected chi connectivity index (χ4v) is 3.74. The van der Waals surface area contributed by atoms with Crippen LogP contribution in [0.5, 0.6) is 0 Å². The summed E-state index contributed by atoms with van der Waals surface area (Å²) in [5, 5.41) is 8.67. The topological polar surface area (TPSA) is 116 Å². The maximum Gasteiger partial charge on any atom is 0.268 e. The van der Waals surface area contributed by atoms with Crippen molar-refractivity contribution in [2.24, 2.45) is 21.7 Å². The molecule has 8 heteroatoms. The van der Waals surface area contributed by atoms with E-state index in [1.807, 2.05) is 24.3 Å². The second kappa shape index (κ2) is 6.17. The average Bonchev–Trinajstić information content (AvgIpc) is 3.03. The normalized spacial score (nSPS) is 11.8. The maximum absolute atomic E-state index is 12.9. The Balaban J connectivity index is 2.03. The first-order valence-electron chi connectivity index (χ1n) is 7.02. The summed E-state index contributed by atoms with van der Waals surface area (Å²) in [6.45, 7) is 0. The van der Waals surface area contributed by atoms with Crippen LogP contribution in [0, 0.1) is 0 Å². The molecule has 1 heterocycles. The number of guanidine groups is 1. The lowest BCUT2D eigenvalue weighted by Crippen LogP contribution is -2.21. The van der Waals surface area contributed by atoms with Gasteiger partial charge in [-0.1, -0.05) is 36.4 Å². The summed E-state index contributed by atoms with van der Waals surface area (Å²) in [6.07, 6.45) is 4.27. The van der Waals surface area contributed by atoms with E-state index >= 15 is 0 Å². The van der Waals surface area contributed by atoms with E-state index in [1.54, 1.807) is 24.3 Å². The van der Waals surface area contributed by atoms with Gasteiger partial charge >= 0.3 is 0 Å². The second-order valence-electron chi connectivity index (χ2n) is 5.03. The third-order valence-electron chi connectivity index (χ3n) is 3.38. The minimum absolute atomic E-state index is 0.172. The van der Waals surface area contributed by atoms with Gasteiger partial charge in [-0.2, -0.15) is 5.10 Å². The zero-order valence-corrected chi connectivity index (χ0v) is 13.4. The Labute approximate surface area is 139 Å². The Morgan fingerprint density at radius 3 is 2.58 bits per heavy atom. The highest BCUT2D eigenvalue weighted by molar-refractivity contribution is 7.90. The third kappa shape index (κ3) is 2.99. The molecule has 0 aliphatic rings. The van der Waals surface area contributed by atoms with E-state index < -0.39 is 10.0 Å². The number of aromatic nitrogens is 1. The van der Waals surface area contributed by atoms with Gasteiger partial charge in [0.15, 0.2) is 0 Å². The van der Waals surface area contributed by atoms with Crippen molar-refractivity contribution in [3.63, 3.8) is 0 Å². The van der Waals surface area contributed by atoms with Gasteiger partial charge in [0.2, 0.25) is 5.96 Å². The standard InChI is InChI=1S/C16H15N5O2S/c17-16(18)20-19-10-12-8-9-21(11-12)24(22,23)15-7-3-5-13-4-1-2-6-14(13)15/h1-11H,(H4,17,18,20)/b19-10+. The van der Waals surface area contributed by atoms with Crippen LogP contribution in [-0.4, -0.2) is 24.6 Å². The van der Waals surface area contributed by atoms with Crippen LogP contribution in [0.25, 0.3) is 10.8 Å². The van der Waals surface area contributed by atoms with Crippen molar-refractivity contribution in [1.82, 2.24) is 3.97 Å². The van der Waals surface area contributed by atoms with Gasteiger partial charge in [-0.3, -0.25) is 0 Å². The van der Waals surface area contributed by atoms with Gasteiger partial charge in [0, 0.05) is 23.3 Å². The number of rotatable bonds is 4. The largest absolute Gasteiger partial charge is 0.369 e. The third-order valence-corrected chi connectivity index (χ3v) is 5.07. The molecule has 0 bridgehead atoms. The monoisotopic (exact) mass is 341 g/mol. The quantitative estimate of drug-likeness (QED) is 0.425. The SMILES string of the molecule is NC(N)=N/N=C/c1ccn(S(=O)(=O)c2cccc3ccccc23)c1. The van der Waals surface area contributed by atoms with Gasteiger partial charge in [-0.25, -0.2) is 12.4 Å². The molecular weight excluding hydrogens is 326 g/mol. The minimum atomic E-state index is -3.72.